The Bertz CT molecular complexity index is 1200. The van der Waals surface area contributed by atoms with Crippen molar-refractivity contribution in [2.45, 2.75) is 36.5 Å². The number of amides is 1. The lowest BCUT2D eigenvalue weighted by molar-refractivity contribution is -0.110. The number of thiazole rings is 1. The monoisotopic (exact) mass is 456 g/mol. The molecular formula is C21H20N4O4S2. The summed E-state index contributed by atoms with van der Waals surface area (Å²) >= 11 is 1.34. The predicted molar refractivity (Wildman–Crippen MR) is 118 cm³/mol. The summed E-state index contributed by atoms with van der Waals surface area (Å²) in [6.07, 6.45) is 4.67. The van der Waals surface area contributed by atoms with Crippen molar-refractivity contribution in [3.63, 3.8) is 0 Å². The molecule has 1 amide bonds. The van der Waals surface area contributed by atoms with E-state index in [-0.39, 0.29) is 22.5 Å². The van der Waals surface area contributed by atoms with Crippen LogP contribution in [-0.2, 0) is 26.1 Å². The smallest absolute Gasteiger partial charge is 0.280 e. The number of nitrogens with zero attached hydrogens (tertiary/aromatic N) is 3. The maximum Gasteiger partial charge on any atom is 0.280 e. The fourth-order valence-corrected chi connectivity index (χ4v) is 5.13. The molecule has 1 saturated carbocycles. The Hall–Kier alpha value is -3.11. The van der Waals surface area contributed by atoms with E-state index in [1.165, 1.54) is 23.5 Å². The van der Waals surface area contributed by atoms with E-state index in [4.69, 9.17) is 4.84 Å². The van der Waals surface area contributed by atoms with E-state index in [9.17, 15) is 13.2 Å². The lowest BCUT2D eigenvalue weighted by Crippen LogP contribution is -2.24. The number of benzene rings is 1. The first-order valence-corrected chi connectivity index (χ1v) is 12.0. The Morgan fingerprint density at radius 1 is 1.19 bits per heavy atom. The normalized spacial score (nSPS) is 14.3. The van der Waals surface area contributed by atoms with Crippen LogP contribution < -0.4 is 5.32 Å². The molecule has 2 heterocycles. The lowest BCUT2D eigenvalue weighted by atomic mass is 10.1. The van der Waals surface area contributed by atoms with E-state index in [0.29, 0.717) is 29.2 Å². The molecule has 1 aromatic carbocycles. The minimum atomic E-state index is -3.32. The molecule has 0 radical (unpaired) electrons. The Morgan fingerprint density at radius 3 is 2.58 bits per heavy atom. The van der Waals surface area contributed by atoms with Gasteiger partial charge in [0.1, 0.15) is 0 Å². The number of rotatable bonds is 8. The van der Waals surface area contributed by atoms with Gasteiger partial charge in [0.25, 0.3) is 5.91 Å². The molecule has 10 heteroatoms. The third-order valence-corrected chi connectivity index (χ3v) is 7.68. The van der Waals surface area contributed by atoms with Crippen molar-refractivity contribution in [1.29, 1.82) is 0 Å². The first-order chi connectivity index (χ1) is 14.9. The van der Waals surface area contributed by atoms with Crippen LogP contribution >= 0.6 is 11.3 Å². The number of carbonyl (C=O) groups is 1. The molecule has 2 aromatic heterocycles. The first kappa shape index (κ1) is 21.1. The van der Waals surface area contributed by atoms with Crippen molar-refractivity contribution < 1.29 is 18.0 Å². The van der Waals surface area contributed by atoms with Gasteiger partial charge >= 0.3 is 0 Å². The topological polar surface area (TPSA) is 111 Å². The van der Waals surface area contributed by atoms with Crippen molar-refractivity contribution in [2.75, 3.05) is 5.32 Å². The molecule has 1 N–H and O–H groups in total. The van der Waals surface area contributed by atoms with Gasteiger partial charge in [-0.05, 0) is 44.0 Å². The van der Waals surface area contributed by atoms with Crippen LogP contribution in [0.15, 0.2) is 64.9 Å². The zero-order valence-electron chi connectivity index (χ0n) is 16.7. The maximum absolute atomic E-state index is 12.9. The average Bonchev–Trinajstić information content (AvgIpc) is 3.56. The summed E-state index contributed by atoms with van der Waals surface area (Å²) in [7, 11) is -3.32. The molecule has 0 aliphatic heterocycles. The van der Waals surface area contributed by atoms with Gasteiger partial charge in [-0.1, -0.05) is 23.4 Å². The Labute approximate surface area is 183 Å². The summed E-state index contributed by atoms with van der Waals surface area (Å²) in [6, 6.07) is 11.5. The van der Waals surface area contributed by atoms with E-state index < -0.39 is 15.7 Å². The standard InChI is InChI=1S/C21H20N4O4S2/c1-14-12-23-21(30-14)24-20(26)19(25-29-13-16-4-2-3-11-22-16)15-5-7-17(8-6-15)31(27,28)18-9-10-18/h2-8,11-12,18H,9-10,13H2,1H3,(H,23,24,26). The summed E-state index contributed by atoms with van der Waals surface area (Å²) in [5.41, 5.74) is 1.10. The maximum atomic E-state index is 12.9. The highest BCUT2D eigenvalue weighted by molar-refractivity contribution is 7.92. The van der Waals surface area contributed by atoms with Gasteiger partial charge in [0.05, 0.1) is 15.8 Å². The fraction of sp³-hybridized carbons (Fsp3) is 0.238. The Kier molecular flexibility index (Phi) is 6.10. The van der Waals surface area contributed by atoms with Gasteiger partial charge in [-0.3, -0.25) is 15.1 Å². The summed E-state index contributed by atoms with van der Waals surface area (Å²) in [6.45, 7) is 1.97. The van der Waals surface area contributed by atoms with Crippen LogP contribution in [0.2, 0.25) is 0 Å². The number of hydrogen-bond donors (Lipinski definition) is 1. The summed E-state index contributed by atoms with van der Waals surface area (Å²) in [4.78, 5) is 27.7. The Balaban J connectivity index is 1.57. The van der Waals surface area contributed by atoms with Gasteiger partial charge in [0, 0.05) is 22.8 Å². The number of sulfone groups is 1. The molecule has 1 aliphatic carbocycles. The van der Waals surface area contributed by atoms with Crippen LogP contribution in [-0.4, -0.2) is 35.3 Å². The van der Waals surface area contributed by atoms with Gasteiger partial charge in [0.2, 0.25) is 0 Å². The number of pyridine rings is 1. The third kappa shape index (κ3) is 5.15. The first-order valence-electron chi connectivity index (χ1n) is 9.61. The van der Waals surface area contributed by atoms with Crippen LogP contribution in [0.1, 0.15) is 29.0 Å². The van der Waals surface area contributed by atoms with Gasteiger partial charge in [-0.15, -0.1) is 11.3 Å². The summed E-state index contributed by atoms with van der Waals surface area (Å²) in [5.74, 6) is -0.506. The fourth-order valence-electron chi connectivity index (χ4n) is 2.81. The number of hydrogen-bond acceptors (Lipinski definition) is 8. The van der Waals surface area contributed by atoms with Crippen LogP contribution in [0.5, 0.6) is 0 Å². The molecule has 0 unspecified atom stereocenters. The highest BCUT2D eigenvalue weighted by Crippen LogP contribution is 2.33. The molecule has 8 nitrogen and oxygen atoms in total. The molecule has 3 aromatic rings. The number of anilines is 1. The molecule has 31 heavy (non-hydrogen) atoms. The van der Waals surface area contributed by atoms with Crippen molar-refractivity contribution in [3.8, 4) is 0 Å². The summed E-state index contributed by atoms with van der Waals surface area (Å²) in [5, 5.41) is 6.87. The van der Waals surface area contributed by atoms with Crippen molar-refractivity contribution >= 4 is 37.9 Å². The lowest BCUT2D eigenvalue weighted by Gasteiger charge is -2.08. The van der Waals surface area contributed by atoms with Crippen LogP contribution in [0.4, 0.5) is 5.13 Å². The predicted octanol–water partition coefficient (Wildman–Crippen LogP) is 3.34. The van der Waals surface area contributed by atoms with Crippen molar-refractivity contribution in [1.82, 2.24) is 9.97 Å². The van der Waals surface area contributed by atoms with Gasteiger partial charge in [-0.2, -0.15) is 0 Å². The number of nitrogens with one attached hydrogen (secondary N) is 1. The largest absolute Gasteiger partial charge is 0.389 e. The summed E-state index contributed by atoms with van der Waals surface area (Å²) < 4.78 is 24.9. The second kappa shape index (κ2) is 8.94. The van der Waals surface area contributed by atoms with Crippen molar-refractivity contribution in [2.24, 2.45) is 5.16 Å². The van der Waals surface area contributed by atoms with E-state index in [0.717, 1.165) is 4.88 Å². The van der Waals surface area contributed by atoms with Crippen LogP contribution in [0, 0.1) is 6.92 Å². The molecule has 0 atom stereocenters. The van der Waals surface area contributed by atoms with E-state index in [2.05, 4.69) is 20.4 Å². The second-order valence-corrected chi connectivity index (χ2v) is 10.5. The van der Waals surface area contributed by atoms with E-state index in [1.54, 1.807) is 36.7 Å². The highest BCUT2D eigenvalue weighted by atomic mass is 32.2. The quantitative estimate of drug-likeness (QED) is 0.411. The van der Waals surface area contributed by atoms with Crippen LogP contribution in [0.3, 0.4) is 0 Å². The zero-order valence-corrected chi connectivity index (χ0v) is 18.3. The molecule has 0 saturated heterocycles. The molecule has 1 fully saturated rings. The number of oxime groups is 1. The van der Waals surface area contributed by atoms with Crippen molar-refractivity contribution in [3.05, 3.63) is 71.0 Å². The second-order valence-electron chi connectivity index (χ2n) is 7.03. The molecule has 1 aliphatic rings. The molecule has 160 valence electrons. The highest BCUT2D eigenvalue weighted by Gasteiger charge is 2.36. The Morgan fingerprint density at radius 2 is 1.97 bits per heavy atom. The number of aromatic nitrogens is 2. The average molecular weight is 457 g/mol. The number of aryl methyl sites for hydroxylation is 1. The number of carbonyl (C=O) groups excluding carboxylic acids is 1. The van der Waals surface area contributed by atoms with Gasteiger partial charge in [-0.25, -0.2) is 13.4 Å². The minimum absolute atomic E-state index is 0.0131. The van der Waals surface area contributed by atoms with Crippen LogP contribution in [0.25, 0.3) is 0 Å². The molecular weight excluding hydrogens is 436 g/mol. The SMILES string of the molecule is Cc1cnc(NC(=O)C(=NOCc2ccccn2)c2ccc(S(=O)(=O)C3CC3)cc2)s1. The minimum Gasteiger partial charge on any atom is -0.389 e. The van der Waals surface area contributed by atoms with E-state index in [1.807, 2.05) is 13.0 Å². The molecule has 0 bridgehead atoms. The zero-order chi connectivity index (χ0) is 21.8. The molecule has 0 spiro atoms. The van der Waals surface area contributed by atoms with Gasteiger partial charge < -0.3 is 4.84 Å². The third-order valence-electron chi connectivity index (χ3n) is 4.57. The molecule has 4 rings (SSSR count). The van der Waals surface area contributed by atoms with E-state index >= 15 is 0 Å². The van der Waals surface area contributed by atoms with Gasteiger partial charge in [0.15, 0.2) is 27.3 Å².